The lowest BCUT2D eigenvalue weighted by atomic mass is 10.1. The van der Waals surface area contributed by atoms with Gasteiger partial charge in [-0.3, -0.25) is 4.79 Å². The van der Waals surface area contributed by atoms with Gasteiger partial charge in [-0.15, -0.1) is 0 Å². The molecule has 1 heterocycles. The molecule has 0 spiro atoms. The predicted molar refractivity (Wildman–Crippen MR) is 51.4 cm³/mol. The van der Waals surface area contributed by atoms with Gasteiger partial charge in [0.1, 0.15) is 0 Å². The molecule has 0 aromatic rings. The monoisotopic (exact) mass is 180 g/mol. The van der Waals surface area contributed by atoms with Crippen LogP contribution < -0.4 is 0 Å². The van der Waals surface area contributed by atoms with Crippen LogP contribution in [-0.2, 0) is 4.79 Å². The van der Waals surface area contributed by atoms with Crippen LogP contribution in [0.4, 0.5) is 0 Å². The van der Waals surface area contributed by atoms with E-state index in [1.54, 1.807) is 5.01 Å². The smallest absolute Gasteiger partial charge is 0.251 e. The fraction of sp³-hybridized carbons (Fsp3) is 0.800. The molecule has 1 unspecified atom stereocenters. The maximum Gasteiger partial charge on any atom is 0.251 e. The summed E-state index contributed by atoms with van der Waals surface area (Å²) in [5.41, 5.74) is 1.14. The van der Waals surface area contributed by atoms with Crippen molar-refractivity contribution < 1.29 is 4.79 Å². The number of amides is 1. The number of nitrogens with zero attached hydrogens (tertiary/aromatic N) is 2. The lowest BCUT2D eigenvalue weighted by molar-refractivity contribution is -0.131. The normalized spacial score (nSPS) is 26.5. The van der Waals surface area contributed by atoms with E-state index in [4.69, 9.17) is 0 Å². The summed E-state index contributed by atoms with van der Waals surface area (Å²) in [5, 5.41) is 6.05. The Morgan fingerprint density at radius 3 is 3.15 bits per heavy atom. The van der Waals surface area contributed by atoms with Crippen molar-refractivity contribution in [2.24, 2.45) is 11.0 Å². The van der Waals surface area contributed by atoms with Crippen LogP contribution in [0.5, 0.6) is 0 Å². The van der Waals surface area contributed by atoms with E-state index in [0.29, 0.717) is 0 Å². The maximum absolute atomic E-state index is 11.7. The molecule has 0 radical (unpaired) electrons. The van der Waals surface area contributed by atoms with Crippen molar-refractivity contribution in [2.75, 3.05) is 6.54 Å². The fourth-order valence-corrected chi connectivity index (χ4v) is 2.07. The third-order valence-corrected chi connectivity index (χ3v) is 2.85. The Labute approximate surface area is 78.8 Å². The summed E-state index contributed by atoms with van der Waals surface area (Å²) in [6.45, 7) is 2.95. The zero-order chi connectivity index (χ0) is 9.26. The molecule has 1 aliphatic heterocycles. The average molecular weight is 180 g/mol. The number of unbranched alkanes of at least 4 members (excludes halogenated alkanes) is 1. The highest BCUT2D eigenvalue weighted by molar-refractivity contribution is 6.09. The summed E-state index contributed by atoms with van der Waals surface area (Å²) < 4.78 is 0. The number of hydrogen-bond donors (Lipinski definition) is 0. The quantitative estimate of drug-likeness (QED) is 0.651. The molecule has 13 heavy (non-hydrogen) atoms. The first kappa shape index (κ1) is 8.73. The van der Waals surface area contributed by atoms with Crippen LogP contribution in [0.1, 0.15) is 39.0 Å². The van der Waals surface area contributed by atoms with E-state index >= 15 is 0 Å². The summed E-state index contributed by atoms with van der Waals surface area (Å²) in [4.78, 5) is 11.7. The van der Waals surface area contributed by atoms with Gasteiger partial charge in [0.2, 0.25) is 0 Å². The van der Waals surface area contributed by atoms with E-state index in [-0.39, 0.29) is 11.8 Å². The van der Waals surface area contributed by atoms with Crippen LogP contribution in [0.25, 0.3) is 0 Å². The molecular weight excluding hydrogens is 164 g/mol. The molecule has 0 N–H and O–H groups in total. The Morgan fingerprint density at radius 1 is 1.62 bits per heavy atom. The van der Waals surface area contributed by atoms with Gasteiger partial charge in [0.05, 0.1) is 11.6 Å². The van der Waals surface area contributed by atoms with Gasteiger partial charge in [0.15, 0.2) is 0 Å². The van der Waals surface area contributed by atoms with Crippen molar-refractivity contribution in [1.82, 2.24) is 5.01 Å². The first-order valence-corrected chi connectivity index (χ1v) is 5.21. The van der Waals surface area contributed by atoms with E-state index in [2.05, 4.69) is 12.0 Å². The van der Waals surface area contributed by atoms with Gasteiger partial charge in [-0.05, 0) is 25.7 Å². The topological polar surface area (TPSA) is 32.7 Å². The molecule has 0 bridgehead atoms. The van der Waals surface area contributed by atoms with Crippen LogP contribution in [-0.4, -0.2) is 23.2 Å². The highest BCUT2D eigenvalue weighted by Crippen LogP contribution is 2.30. The molecule has 0 saturated heterocycles. The van der Waals surface area contributed by atoms with Gasteiger partial charge in [-0.1, -0.05) is 13.3 Å². The second-order valence-corrected chi connectivity index (χ2v) is 3.85. The second kappa shape index (κ2) is 3.48. The third kappa shape index (κ3) is 1.47. The Morgan fingerprint density at radius 2 is 2.46 bits per heavy atom. The van der Waals surface area contributed by atoms with Crippen molar-refractivity contribution in [3.63, 3.8) is 0 Å². The number of rotatable bonds is 3. The van der Waals surface area contributed by atoms with Crippen molar-refractivity contribution >= 4 is 11.6 Å². The van der Waals surface area contributed by atoms with Crippen LogP contribution in [0.2, 0.25) is 0 Å². The standard InChI is InChI=1S/C10H16N2O/c1-2-3-7-12-10(13)8-5-4-6-9(8)11-12/h8H,2-7H2,1H3. The van der Waals surface area contributed by atoms with Crippen molar-refractivity contribution in [2.45, 2.75) is 39.0 Å². The van der Waals surface area contributed by atoms with Gasteiger partial charge < -0.3 is 0 Å². The highest BCUT2D eigenvalue weighted by Gasteiger charge is 2.37. The summed E-state index contributed by atoms with van der Waals surface area (Å²) in [6, 6.07) is 0. The molecule has 1 fully saturated rings. The first-order valence-electron chi connectivity index (χ1n) is 5.21. The summed E-state index contributed by atoms with van der Waals surface area (Å²) in [7, 11) is 0. The fourth-order valence-electron chi connectivity index (χ4n) is 2.07. The third-order valence-electron chi connectivity index (χ3n) is 2.85. The molecule has 2 aliphatic rings. The van der Waals surface area contributed by atoms with Gasteiger partial charge in [0, 0.05) is 6.54 Å². The average Bonchev–Trinajstić information content (AvgIpc) is 2.67. The molecule has 0 aromatic carbocycles. The van der Waals surface area contributed by atoms with Crippen molar-refractivity contribution in [3.8, 4) is 0 Å². The molecule has 3 nitrogen and oxygen atoms in total. The van der Waals surface area contributed by atoms with Crippen LogP contribution in [0.3, 0.4) is 0 Å². The summed E-state index contributed by atoms with van der Waals surface area (Å²) in [5.74, 6) is 0.415. The van der Waals surface area contributed by atoms with Crippen LogP contribution in [0, 0.1) is 5.92 Å². The summed E-state index contributed by atoms with van der Waals surface area (Å²) in [6.07, 6.45) is 5.41. The Bertz CT molecular complexity index is 247. The van der Waals surface area contributed by atoms with Gasteiger partial charge in [-0.25, -0.2) is 5.01 Å². The molecule has 1 atom stereocenters. The molecular formula is C10H16N2O. The van der Waals surface area contributed by atoms with E-state index in [1.807, 2.05) is 0 Å². The van der Waals surface area contributed by atoms with Crippen molar-refractivity contribution in [3.05, 3.63) is 0 Å². The van der Waals surface area contributed by atoms with E-state index in [1.165, 1.54) is 0 Å². The first-order chi connectivity index (χ1) is 6.33. The van der Waals surface area contributed by atoms with E-state index in [0.717, 1.165) is 44.4 Å². The number of fused-ring (bicyclic) bond motifs is 1. The number of carbonyl (C=O) groups is 1. The SMILES string of the molecule is CCCCN1N=C2CCCC2C1=O. The van der Waals surface area contributed by atoms with E-state index < -0.39 is 0 Å². The second-order valence-electron chi connectivity index (χ2n) is 3.85. The molecule has 0 aromatic heterocycles. The lowest BCUT2D eigenvalue weighted by Crippen LogP contribution is -2.26. The predicted octanol–water partition coefficient (Wildman–Crippen LogP) is 1.78. The number of carbonyl (C=O) groups excluding carboxylic acids is 1. The lowest BCUT2D eigenvalue weighted by Gasteiger charge is -2.12. The zero-order valence-electron chi connectivity index (χ0n) is 8.12. The summed E-state index contributed by atoms with van der Waals surface area (Å²) >= 11 is 0. The molecule has 72 valence electrons. The van der Waals surface area contributed by atoms with Crippen molar-refractivity contribution in [1.29, 1.82) is 0 Å². The van der Waals surface area contributed by atoms with Gasteiger partial charge in [-0.2, -0.15) is 5.10 Å². The number of hydrogen-bond acceptors (Lipinski definition) is 2. The Balaban J connectivity index is 2.00. The molecule has 1 aliphatic carbocycles. The maximum atomic E-state index is 11.7. The number of hydrazone groups is 1. The molecule has 3 heteroatoms. The Hall–Kier alpha value is -0.860. The minimum Gasteiger partial charge on any atom is -0.272 e. The largest absolute Gasteiger partial charge is 0.272 e. The molecule has 1 saturated carbocycles. The zero-order valence-corrected chi connectivity index (χ0v) is 8.12. The highest BCUT2D eigenvalue weighted by atomic mass is 16.2. The Kier molecular flexibility index (Phi) is 2.34. The van der Waals surface area contributed by atoms with Gasteiger partial charge >= 0.3 is 0 Å². The van der Waals surface area contributed by atoms with Gasteiger partial charge in [0.25, 0.3) is 5.91 Å². The minimum absolute atomic E-state index is 0.164. The van der Waals surface area contributed by atoms with Crippen LogP contribution >= 0.6 is 0 Å². The minimum atomic E-state index is 0.164. The molecule has 1 amide bonds. The molecule has 2 rings (SSSR count). The van der Waals surface area contributed by atoms with Crippen LogP contribution in [0.15, 0.2) is 5.10 Å². The van der Waals surface area contributed by atoms with E-state index in [9.17, 15) is 4.79 Å².